The number of esters is 1. The highest BCUT2D eigenvalue weighted by Crippen LogP contribution is 2.24. The first-order valence-corrected chi connectivity index (χ1v) is 11.8. The molecule has 0 aliphatic rings. The first-order chi connectivity index (χ1) is 16.0. The minimum Gasteiger partial charge on any atom is -0.452 e. The highest BCUT2D eigenvalue weighted by molar-refractivity contribution is 7.92. The van der Waals surface area contributed by atoms with Crippen LogP contribution in [-0.4, -0.2) is 25.9 Å². The van der Waals surface area contributed by atoms with Crippen molar-refractivity contribution in [3.05, 3.63) is 103 Å². The minimum atomic E-state index is -3.77. The predicted octanol–water partition coefficient (Wildman–Crippen LogP) is 4.91. The molecule has 0 unspecified atom stereocenters. The summed E-state index contributed by atoms with van der Waals surface area (Å²) < 4.78 is 38.3. The first-order valence-electron chi connectivity index (χ1n) is 10.3. The van der Waals surface area contributed by atoms with Crippen LogP contribution in [0.4, 0.5) is 5.69 Å². The molecule has 3 aromatic carbocycles. The van der Waals surface area contributed by atoms with E-state index in [0.717, 1.165) is 5.56 Å². The van der Waals surface area contributed by atoms with E-state index < -0.39 is 16.0 Å². The molecule has 0 atom stereocenters. The Morgan fingerprint density at radius 2 is 1.58 bits per heavy atom. The molecule has 0 spiro atoms. The average Bonchev–Trinajstić information content (AvgIpc) is 3.33. The van der Waals surface area contributed by atoms with Crippen molar-refractivity contribution in [2.24, 2.45) is 0 Å². The fraction of sp³-hybridized carbons (Fsp3) is 0.120. The van der Waals surface area contributed by atoms with Gasteiger partial charge in [-0.1, -0.05) is 48.5 Å². The third-order valence-corrected chi connectivity index (χ3v) is 6.87. The normalized spacial score (nSPS) is 11.2. The first kappa shape index (κ1) is 22.3. The van der Waals surface area contributed by atoms with E-state index in [1.807, 2.05) is 36.4 Å². The van der Waals surface area contributed by atoms with Gasteiger partial charge in [0.15, 0.2) is 12.4 Å². The summed E-state index contributed by atoms with van der Waals surface area (Å²) in [5.74, 6) is 0.242. The van der Waals surface area contributed by atoms with Gasteiger partial charge < -0.3 is 9.15 Å². The average molecular weight is 463 g/mol. The Bertz CT molecular complexity index is 1320. The van der Waals surface area contributed by atoms with Crippen LogP contribution in [0, 0.1) is 0 Å². The van der Waals surface area contributed by atoms with Crippen molar-refractivity contribution < 1.29 is 22.4 Å². The number of rotatable bonds is 8. The standard InChI is InChI=1S/C25H22N2O5S/c1-2-27(21-11-7-4-8-12-21)33(29,30)22-15-13-20(14-16-22)25(28)31-18-24-26-17-23(32-24)19-9-5-3-6-10-19/h3-17H,2,18H2,1H3. The highest BCUT2D eigenvalue weighted by atomic mass is 32.2. The number of aromatic nitrogens is 1. The summed E-state index contributed by atoms with van der Waals surface area (Å²) >= 11 is 0. The van der Waals surface area contributed by atoms with E-state index in [1.54, 1.807) is 37.4 Å². The maximum absolute atomic E-state index is 13.1. The molecule has 7 nitrogen and oxygen atoms in total. The quantitative estimate of drug-likeness (QED) is 0.346. The fourth-order valence-electron chi connectivity index (χ4n) is 3.30. The Kier molecular flexibility index (Phi) is 6.55. The molecule has 4 rings (SSSR count). The van der Waals surface area contributed by atoms with Gasteiger partial charge in [0, 0.05) is 12.1 Å². The lowest BCUT2D eigenvalue weighted by molar-refractivity contribution is 0.0439. The van der Waals surface area contributed by atoms with Crippen LogP contribution in [0.15, 0.2) is 100 Å². The number of sulfonamides is 1. The predicted molar refractivity (Wildman–Crippen MR) is 124 cm³/mol. The highest BCUT2D eigenvalue weighted by Gasteiger charge is 2.24. The van der Waals surface area contributed by atoms with Gasteiger partial charge in [-0.15, -0.1) is 0 Å². The molecule has 1 heterocycles. The molecular formula is C25H22N2O5S. The van der Waals surface area contributed by atoms with E-state index >= 15 is 0 Å². The molecule has 168 valence electrons. The Hall–Kier alpha value is -3.91. The van der Waals surface area contributed by atoms with Crippen LogP contribution in [0.2, 0.25) is 0 Å². The van der Waals surface area contributed by atoms with Crippen molar-refractivity contribution in [3.63, 3.8) is 0 Å². The SMILES string of the molecule is CCN(c1ccccc1)S(=O)(=O)c1ccc(C(=O)OCc2ncc(-c3ccccc3)o2)cc1. The Balaban J connectivity index is 1.43. The molecule has 1 aromatic heterocycles. The van der Waals surface area contributed by atoms with Crippen LogP contribution in [0.25, 0.3) is 11.3 Å². The zero-order valence-electron chi connectivity index (χ0n) is 17.9. The number of nitrogens with zero attached hydrogens (tertiary/aromatic N) is 2. The van der Waals surface area contributed by atoms with Crippen molar-refractivity contribution in [1.29, 1.82) is 0 Å². The van der Waals surface area contributed by atoms with E-state index in [0.29, 0.717) is 11.4 Å². The lowest BCUT2D eigenvalue weighted by Crippen LogP contribution is -2.30. The Morgan fingerprint density at radius 1 is 0.939 bits per heavy atom. The van der Waals surface area contributed by atoms with Crippen LogP contribution in [0.1, 0.15) is 23.2 Å². The summed E-state index contributed by atoms with van der Waals surface area (Å²) in [6, 6.07) is 24.0. The smallest absolute Gasteiger partial charge is 0.338 e. The summed E-state index contributed by atoms with van der Waals surface area (Å²) in [7, 11) is -3.77. The molecule has 33 heavy (non-hydrogen) atoms. The number of para-hydroxylation sites is 1. The largest absolute Gasteiger partial charge is 0.452 e. The number of ether oxygens (including phenoxy) is 1. The summed E-state index contributed by atoms with van der Waals surface area (Å²) in [6.07, 6.45) is 1.57. The lowest BCUT2D eigenvalue weighted by Gasteiger charge is -2.22. The zero-order valence-corrected chi connectivity index (χ0v) is 18.7. The van der Waals surface area contributed by atoms with Crippen molar-refractivity contribution >= 4 is 21.7 Å². The Morgan fingerprint density at radius 3 is 2.21 bits per heavy atom. The third-order valence-electron chi connectivity index (χ3n) is 4.95. The van der Waals surface area contributed by atoms with Crippen LogP contribution in [0.3, 0.4) is 0 Å². The molecule has 0 aliphatic carbocycles. The van der Waals surface area contributed by atoms with E-state index in [9.17, 15) is 13.2 Å². The third kappa shape index (κ3) is 4.96. The van der Waals surface area contributed by atoms with Crippen LogP contribution in [-0.2, 0) is 21.4 Å². The second kappa shape index (κ2) is 9.70. The molecule has 0 saturated heterocycles. The van der Waals surface area contributed by atoms with Gasteiger partial charge in [0.25, 0.3) is 10.0 Å². The van der Waals surface area contributed by atoms with Crippen LogP contribution < -0.4 is 4.31 Å². The molecule has 4 aromatic rings. The second-order valence-electron chi connectivity index (χ2n) is 7.09. The van der Waals surface area contributed by atoms with Gasteiger partial charge in [0.1, 0.15) is 0 Å². The molecule has 0 saturated carbocycles. The van der Waals surface area contributed by atoms with Gasteiger partial charge in [-0.2, -0.15) is 0 Å². The summed E-state index contributed by atoms with van der Waals surface area (Å²) in [4.78, 5) is 16.6. The number of hydrogen-bond acceptors (Lipinski definition) is 6. The molecule has 0 amide bonds. The van der Waals surface area contributed by atoms with Gasteiger partial charge in [0.2, 0.25) is 5.89 Å². The van der Waals surface area contributed by atoms with Gasteiger partial charge >= 0.3 is 5.97 Å². The maximum Gasteiger partial charge on any atom is 0.338 e. The van der Waals surface area contributed by atoms with Crippen molar-refractivity contribution in [3.8, 4) is 11.3 Å². The minimum absolute atomic E-state index is 0.0879. The number of carbonyl (C=O) groups excluding carboxylic acids is 1. The molecule has 0 radical (unpaired) electrons. The van der Waals surface area contributed by atoms with Gasteiger partial charge in [-0.25, -0.2) is 18.2 Å². The van der Waals surface area contributed by atoms with E-state index in [1.165, 1.54) is 28.6 Å². The number of benzene rings is 3. The second-order valence-corrected chi connectivity index (χ2v) is 8.95. The molecule has 0 aliphatic heterocycles. The van der Waals surface area contributed by atoms with Crippen LogP contribution in [0.5, 0.6) is 0 Å². The summed E-state index contributed by atoms with van der Waals surface area (Å²) in [5, 5.41) is 0. The van der Waals surface area contributed by atoms with Crippen molar-refractivity contribution in [2.75, 3.05) is 10.8 Å². The monoisotopic (exact) mass is 462 g/mol. The van der Waals surface area contributed by atoms with E-state index in [4.69, 9.17) is 9.15 Å². The maximum atomic E-state index is 13.1. The zero-order chi connectivity index (χ0) is 23.3. The number of anilines is 1. The van der Waals surface area contributed by atoms with Crippen molar-refractivity contribution in [2.45, 2.75) is 18.4 Å². The molecule has 0 fully saturated rings. The van der Waals surface area contributed by atoms with Crippen molar-refractivity contribution in [1.82, 2.24) is 4.98 Å². The lowest BCUT2D eigenvalue weighted by atomic mass is 10.2. The fourth-order valence-corrected chi connectivity index (χ4v) is 4.77. The van der Waals surface area contributed by atoms with Gasteiger partial charge in [-0.05, 0) is 43.3 Å². The molecule has 0 N–H and O–H groups in total. The Labute approximate surface area is 192 Å². The molecular weight excluding hydrogens is 440 g/mol. The number of carbonyl (C=O) groups is 1. The van der Waals surface area contributed by atoms with E-state index in [2.05, 4.69) is 4.98 Å². The molecule has 0 bridgehead atoms. The van der Waals surface area contributed by atoms with Crippen LogP contribution >= 0.6 is 0 Å². The van der Waals surface area contributed by atoms with Gasteiger partial charge in [0.05, 0.1) is 22.3 Å². The number of oxazole rings is 1. The summed E-state index contributed by atoms with van der Waals surface area (Å²) in [5.41, 5.74) is 1.67. The van der Waals surface area contributed by atoms with E-state index in [-0.39, 0.29) is 29.5 Å². The number of hydrogen-bond donors (Lipinski definition) is 0. The van der Waals surface area contributed by atoms with Gasteiger partial charge in [-0.3, -0.25) is 4.31 Å². The topological polar surface area (TPSA) is 89.7 Å². The summed E-state index contributed by atoms with van der Waals surface area (Å²) in [6.45, 7) is 1.91. The molecule has 8 heteroatoms.